The Morgan fingerprint density at radius 3 is 2.65 bits per heavy atom. The Balaban J connectivity index is 1.55. The predicted octanol–water partition coefficient (Wildman–Crippen LogP) is 2.93. The largest absolute Gasteiger partial charge is 0.455 e. The molecule has 0 saturated heterocycles. The molecule has 1 amide bonds. The van der Waals surface area contributed by atoms with Gasteiger partial charge in [-0.2, -0.15) is 18.4 Å². The number of fused-ring (bicyclic) bond motifs is 1. The smallest absolute Gasteiger partial charge is 0.287 e. The third-order valence-electron chi connectivity index (χ3n) is 5.04. The molecule has 31 heavy (non-hydrogen) atoms. The van der Waals surface area contributed by atoms with Gasteiger partial charge in [-0.3, -0.25) is 9.78 Å². The lowest BCUT2D eigenvalue weighted by Gasteiger charge is -2.14. The van der Waals surface area contributed by atoms with Crippen LogP contribution >= 0.6 is 0 Å². The lowest BCUT2D eigenvalue weighted by Crippen LogP contribution is -2.24. The van der Waals surface area contributed by atoms with Crippen LogP contribution in [0.15, 0.2) is 69.1 Å². The normalized spacial score (nSPS) is 14.8. The van der Waals surface area contributed by atoms with Crippen LogP contribution in [0.25, 0.3) is 0 Å². The van der Waals surface area contributed by atoms with Gasteiger partial charge in [-0.25, -0.2) is 0 Å². The van der Waals surface area contributed by atoms with Gasteiger partial charge in [-0.1, -0.05) is 24.3 Å². The maximum atomic E-state index is 12.7. The zero-order valence-corrected chi connectivity index (χ0v) is 17.8. The van der Waals surface area contributed by atoms with Gasteiger partial charge in [0.25, 0.3) is 15.9 Å². The summed E-state index contributed by atoms with van der Waals surface area (Å²) >= 11 is 0. The molecule has 9 heteroatoms. The van der Waals surface area contributed by atoms with E-state index in [1.54, 1.807) is 31.3 Å². The van der Waals surface area contributed by atoms with E-state index in [4.69, 9.17) is 4.42 Å². The summed E-state index contributed by atoms with van der Waals surface area (Å²) in [6, 6.07) is 13.5. The van der Waals surface area contributed by atoms with Gasteiger partial charge in [-0.15, -0.1) is 0 Å². The summed E-state index contributed by atoms with van der Waals surface area (Å²) in [6.07, 6.45) is 3.66. The van der Waals surface area contributed by atoms with Gasteiger partial charge in [-0.05, 0) is 44.0 Å². The molecule has 4 rings (SSSR count). The van der Waals surface area contributed by atoms with Crippen LogP contribution in [0.3, 0.4) is 0 Å². The fourth-order valence-corrected chi connectivity index (χ4v) is 4.37. The highest BCUT2D eigenvalue weighted by molar-refractivity contribution is 7.89. The van der Waals surface area contributed by atoms with Crippen LogP contribution in [0.1, 0.15) is 46.0 Å². The van der Waals surface area contributed by atoms with Crippen LogP contribution in [0.2, 0.25) is 0 Å². The average molecular weight is 439 g/mol. The van der Waals surface area contributed by atoms with Crippen molar-refractivity contribution >= 4 is 21.6 Å². The SMILES string of the molecule is Cc1c(C(=O)NCc2ccccn2)oc2c1/C(=N/NS(=O)(=O)c1ccccc1)CCC2. The van der Waals surface area contributed by atoms with Crippen LogP contribution in [0.5, 0.6) is 0 Å². The number of furan rings is 1. The number of carbonyl (C=O) groups is 1. The average Bonchev–Trinajstić information content (AvgIpc) is 3.14. The fourth-order valence-electron chi connectivity index (χ4n) is 3.52. The number of hydrazone groups is 1. The summed E-state index contributed by atoms with van der Waals surface area (Å²) in [5.74, 6) is 0.507. The Hall–Kier alpha value is -3.46. The summed E-state index contributed by atoms with van der Waals surface area (Å²) in [7, 11) is -3.78. The van der Waals surface area contributed by atoms with E-state index in [2.05, 4.69) is 20.2 Å². The molecule has 0 spiro atoms. The topological polar surface area (TPSA) is 114 Å². The minimum absolute atomic E-state index is 0.133. The molecule has 2 N–H and O–H groups in total. The molecule has 0 bridgehead atoms. The molecule has 0 unspecified atom stereocenters. The predicted molar refractivity (Wildman–Crippen MR) is 115 cm³/mol. The van der Waals surface area contributed by atoms with Crippen LogP contribution in [-0.4, -0.2) is 25.0 Å². The molecule has 1 aliphatic carbocycles. The molecule has 3 aromatic rings. The Labute approximate surface area is 180 Å². The Morgan fingerprint density at radius 2 is 1.90 bits per heavy atom. The first-order chi connectivity index (χ1) is 15.0. The number of sulfonamides is 1. The highest BCUT2D eigenvalue weighted by Gasteiger charge is 2.28. The summed E-state index contributed by atoms with van der Waals surface area (Å²) < 4.78 is 30.8. The third-order valence-corrected chi connectivity index (χ3v) is 6.27. The van der Waals surface area contributed by atoms with Crippen molar-refractivity contribution in [2.45, 2.75) is 37.6 Å². The van der Waals surface area contributed by atoms with Crippen LogP contribution in [0.4, 0.5) is 0 Å². The molecule has 0 aliphatic heterocycles. The fraction of sp³-hybridized carbons (Fsp3) is 0.227. The van der Waals surface area contributed by atoms with Gasteiger partial charge in [0.1, 0.15) is 5.76 Å². The Kier molecular flexibility index (Phi) is 5.85. The summed E-state index contributed by atoms with van der Waals surface area (Å²) in [5.41, 5.74) is 2.64. The maximum Gasteiger partial charge on any atom is 0.287 e. The number of pyridine rings is 1. The van der Waals surface area contributed by atoms with E-state index in [1.165, 1.54) is 12.1 Å². The minimum atomic E-state index is -3.78. The molecule has 2 aromatic heterocycles. The Bertz CT molecular complexity index is 1220. The Morgan fingerprint density at radius 1 is 1.13 bits per heavy atom. The number of aryl methyl sites for hydroxylation is 1. The molecular weight excluding hydrogens is 416 g/mol. The lowest BCUT2D eigenvalue weighted by atomic mass is 9.93. The number of hydrogen-bond donors (Lipinski definition) is 2. The molecule has 0 atom stereocenters. The van der Waals surface area contributed by atoms with Gasteiger partial charge in [0.2, 0.25) is 0 Å². The van der Waals surface area contributed by atoms with E-state index in [1.807, 2.05) is 18.2 Å². The van der Waals surface area contributed by atoms with E-state index < -0.39 is 10.0 Å². The van der Waals surface area contributed by atoms with Crippen molar-refractivity contribution in [1.29, 1.82) is 0 Å². The summed E-state index contributed by atoms with van der Waals surface area (Å²) in [5, 5.41) is 6.99. The van der Waals surface area contributed by atoms with E-state index in [9.17, 15) is 13.2 Å². The number of amides is 1. The zero-order valence-electron chi connectivity index (χ0n) is 17.0. The molecule has 2 heterocycles. The second-order valence-corrected chi connectivity index (χ2v) is 8.84. The van der Waals surface area contributed by atoms with Crippen molar-refractivity contribution in [1.82, 2.24) is 15.1 Å². The lowest BCUT2D eigenvalue weighted by molar-refractivity contribution is 0.0920. The van der Waals surface area contributed by atoms with Crippen LogP contribution in [-0.2, 0) is 23.0 Å². The molecular formula is C22H22N4O4S. The zero-order chi connectivity index (χ0) is 21.8. The first-order valence-corrected chi connectivity index (χ1v) is 11.4. The standard InChI is InChI=1S/C22H22N4O4S/c1-15-20-18(25-26-31(28,29)17-9-3-2-4-10-17)11-7-12-19(20)30-21(15)22(27)24-14-16-8-5-6-13-23-16/h2-6,8-10,13,26H,7,11-12,14H2,1H3,(H,24,27)/b25-18+. The van der Waals surface area contributed by atoms with Gasteiger partial charge in [0.15, 0.2) is 5.76 Å². The number of nitrogens with one attached hydrogen (secondary N) is 2. The number of benzene rings is 1. The number of aromatic nitrogens is 1. The monoisotopic (exact) mass is 438 g/mol. The van der Waals surface area contributed by atoms with Crippen molar-refractivity contribution in [3.63, 3.8) is 0 Å². The second kappa shape index (κ2) is 8.73. The first-order valence-electron chi connectivity index (χ1n) is 9.90. The molecule has 0 radical (unpaired) electrons. The number of nitrogens with zero attached hydrogens (tertiary/aromatic N) is 2. The minimum Gasteiger partial charge on any atom is -0.455 e. The molecule has 1 aromatic carbocycles. The van der Waals surface area contributed by atoms with Crippen molar-refractivity contribution in [3.05, 3.63) is 83.1 Å². The van der Waals surface area contributed by atoms with E-state index in [-0.39, 0.29) is 23.1 Å². The van der Waals surface area contributed by atoms with Gasteiger partial charge >= 0.3 is 0 Å². The maximum absolute atomic E-state index is 12.7. The number of hydrogen-bond acceptors (Lipinski definition) is 6. The molecule has 0 fully saturated rings. The summed E-state index contributed by atoms with van der Waals surface area (Å²) in [4.78, 5) is 19.3. The number of carbonyl (C=O) groups excluding carboxylic acids is 1. The highest BCUT2D eigenvalue weighted by atomic mass is 32.2. The van der Waals surface area contributed by atoms with E-state index in [0.29, 0.717) is 35.4 Å². The first kappa shape index (κ1) is 20.8. The third kappa shape index (κ3) is 4.51. The van der Waals surface area contributed by atoms with Gasteiger partial charge in [0.05, 0.1) is 22.8 Å². The quantitative estimate of drug-likeness (QED) is 0.575. The van der Waals surface area contributed by atoms with E-state index >= 15 is 0 Å². The molecule has 8 nitrogen and oxygen atoms in total. The van der Waals surface area contributed by atoms with Crippen molar-refractivity contribution in [3.8, 4) is 0 Å². The number of rotatable bonds is 6. The van der Waals surface area contributed by atoms with E-state index in [0.717, 1.165) is 12.1 Å². The van der Waals surface area contributed by atoms with Crippen molar-refractivity contribution < 1.29 is 17.6 Å². The van der Waals surface area contributed by atoms with Crippen molar-refractivity contribution in [2.24, 2.45) is 5.10 Å². The van der Waals surface area contributed by atoms with Crippen LogP contribution < -0.4 is 10.1 Å². The highest BCUT2D eigenvalue weighted by Crippen LogP contribution is 2.30. The van der Waals surface area contributed by atoms with Crippen LogP contribution in [0, 0.1) is 6.92 Å². The van der Waals surface area contributed by atoms with Crippen molar-refractivity contribution in [2.75, 3.05) is 0 Å². The summed E-state index contributed by atoms with van der Waals surface area (Å²) in [6.45, 7) is 2.06. The molecule has 1 aliphatic rings. The van der Waals surface area contributed by atoms with Gasteiger partial charge in [0, 0.05) is 23.7 Å². The second-order valence-electron chi connectivity index (χ2n) is 7.18. The molecule has 160 valence electrons. The van der Waals surface area contributed by atoms with Gasteiger partial charge < -0.3 is 9.73 Å². The molecule has 0 saturated carbocycles.